The summed E-state index contributed by atoms with van der Waals surface area (Å²) < 4.78 is 16.0. The Bertz CT molecular complexity index is 1050. The van der Waals surface area contributed by atoms with Gasteiger partial charge in [0, 0.05) is 25.2 Å². The zero-order valence-electron chi connectivity index (χ0n) is 15.6. The molecule has 1 aliphatic heterocycles. The Morgan fingerprint density at radius 3 is 2.86 bits per heavy atom. The summed E-state index contributed by atoms with van der Waals surface area (Å²) in [6.45, 7) is 1.91. The molecule has 28 heavy (non-hydrogen) atoms. The van der Waals surface area contributed by atoms with Gasteiger partial charge < -0.3 is 18.9 Å². The highest BCUT2D eigenvalue weighted by Crippen LogP contribution is 2.38. The predicted molar refractivity (Wildman–Crippen MR) is 105 cm³/mol. The van der Waals surface area contributed by atoms with E-state index in [0.29, 0.717) is 47.6 Å². The highest BCUT2D eigenvalue weighted by molar-refractivity contribution is 6.33. The van der Waals surface area contributed by atoms with Crippen molar-refractivity contribution in [1.82, 2.24) is 14.9 Å². The zero-order valence-corrected chi connectivity index (χ0v) is 16.4. The summed E-state index contributed by atoms with van der Waals surface area (Å²) in [6.07, 6.45) is 2.18. The molecule has 146 valence electrons. The molecule has 3 aromatic rings. The molecular formula is C20H20ClN3O4. The number of benzene rings is 1. The van der Waals surface area contributed by atoms with E-state index in [9.17, 15) is 4.79 Å². The van der Waals surface area contributed by atoms with Gasteiger partial charge in [-0.25, -0.2) is 4.98 Å². The van der Waals surface area contributed by atoms with Crippen LogP contribution < -0.4 is 15.0 Å². The van der Waals surface area contributed by atoms with Gasteiger partial charge in [-0.1, -0.05) is 17.7 Å². The zero-order chi connectivity index (χ0) is 19.7. The van der Waals surface area contributed by atoms with Gasteiger partial charge in [-0.3, -0.25) is 9.69 Å². The number of ether oxygens (including phenoxy) is 2. The quantitative estimate of drug-likeness (QED) is 0.706. The first-order valence-electron chi connectivity index (χ1n) is 8.88. The standard InChI is InChI=1S/C20H20ClN3O4/c1-26-15-6-5-12(17(21)18(15)27-2)10-24-8-7-13-14(11-24)22-19(23-20(13)25)16-4-3-9-28-16/h3-6,9H,7-8,10-11H2,1-2H3,(H,22,23,25). The molecule has 7 nitrogen and oxygen atoms in total. The SMILES string of the molecule is COc1ccc(CN2CCc3c(nc(-c4ccco4)[nH]c3=O)C2)c(Cl)c1OC. The lowest BCUT2D eigenvalue weighted by Crippen LogP contribution is -2.35. The van der Waals surface area contributed by atoms with Crippen molar-refractivity contribution in [3.63, 3.8) is 0 Å². The van der Waals surface area contributed by atoms with E-state index >= 15 is 0 Å². The van der Waals surface area contributed by atoms with Gasteiger partial charge in [0.05, 0.1) is 31.2 Å². The van der Waals surface area contributed by atoms with Crippen LogP contribution in [0.15, 0.2) is 39.7 Å². The molecule has 1 N–H and O–H groups in total. The second kappa shape index (κ2) is 7.69. The molecule has 1 aliphatic rings. The number of hydrogen-bond acceptors (Lipinski definition) is 6. The third-order valence-corrected chi connectivity index (χ3v) is 5.28. The summed E-state index contributed by atoms with van der Waals surface area (Å²) in [5, 5.41) is 0.530. The number of H-pyrrole nitrogens is 1. The minimum atomic E-state index is -0.111. The van der Waals surface area contributed by atoms with Crippen LogP contribution in [0.2, 0.25) is 5.02 Å². The Balaban J connectivity index is 1.60. The second-order valence-electron chi connectivity index (χ2n) is 6.55. The Labute approximate surface area is 166 Å². The Morgan fingerprint density at radius 2 is 2.14 bits per heavy atom. The minimum Gasteiger partial charge on any atom is -0.493 e. The van der Waals surface area contributed by atoms with Crippen LogP contribution in [0.5, 0.6) is 11.5 Å². The maximum absolute atomic E-state index is 12.4. The normalized spacial score (nSPS) is 14.0. The van der Waals surface area contributed by atoms with Crippen LogP contribution in [0.4, 0.5) is 0 Å². The number of furan rings is 1. The molecule has 0 radical (unpaired) electrons. The molecule has 0 amide bonds. The molecule has 0 saturated carbocycles. The average Bonchev–Trinajstić information content (AvgIpc) is 3.24. The molecule has 1 aromatic carbocycles. The molecule has 0 saturated heterocycles. The first kappa shape index (κ1) is 18.6. The molecular weight excluding hydrogens is 382 g/mol. The smallest absolute Gasteiger partial charge is 0.254 e. The van der Waals surface area contributed by atoms with Crippen LogP contribution >= 0.6 is 11.6 Å². The largest absolute Gasteiger partial charge is 0.493 e. The first-order valence-corrected chi connectivity index (χ1v) is 9.26. The fourth-order valence-corrected chi connectivity index (χ4v) is 3.74. The van der Waals surface area contributed by atoms with Crippen molar-refractivity contribution in [3.05, 3.63) is 62.7 Å². The Morgan fingerprint density at radius 1 is 1.29 bits per heavy atom. The summed E-state index contributed by atoms with van der Waals surface area (Å²) in [5.41, 5.74) is 2.31. The van der Waals surface area contributed by atoms with Crippen LogP contribution in [-0.2, 0) is 19.5 Å². The summed E-state index contributed by atoms with van der Waals surface area (Å²) >= 11 is 6.52. The van der Waals surface area contributed by atoms with Crippen LogP contribution in [0.3, 0.4) is 0 Å². The number of halogens is 1. The van der Waals surface area contributed by atoms with Crippen molar-refractivity contribution in [3.8, 4) is 23.1 Å². The van der Waals surface area contributed by atoms with Crippen molar-refractivity contribution in [2.45, 2.75) is 19.5 Å². The van der Waals surface area contributed by atoms with Gasteiger partial charge in [0.1, 0.15) is 0 Å². The van der Waals surface area contributed by atoms with Crippen molar-refractivity contribution < 1.29 is 13.9 Å². The van der Waals surface area contributed by atoms with Crippen LogP contribution in [-0.4, -0.2) is 35.6 Å². The Hall–Kier alpha value is -2.77. The van der Waals surface area contributed by atoms with Crippen molar-refractivity contribution in [2.75, 3.05) is 20.8 Å². The van der Waals surface area contributed by atoms with Crippen LogP contribution in [0.25, 0.3) is 11.6 Å². The number of nitrogens with zero attached hydrogens (tertiary/aromatic N) is 2. The summed E-state index contributed by atoms with van der Waals surface area (Å²) in [4.78, 5) is 22.1. The minimum absolute atomic E-state index is 0.111. The van der Waals surface area contributed by atoms with Gasteiger partial charge in [-0.2, -0.15) is 0 Å². The number of aromatic amines is 1. The van der Waals surface area contributed by atoms with E-state index < -0.39 is 0 Å². The lowest BCUT2D eigenvalue weighted by Gasteiger charge is -2.28. The molecule has 0 bridgehead atoms. The van der Waals surface area contributed by atoms with E-state index in [1.807, 2.05) is 12.1 Å². The lowest BCUT2D eigenvalue weighted by atomic mass is 10.1. The summed E-state index contributed by atoms with van der Waals surface area (Å²) in [7, 11) is 3.15. The van der Waals surface area contributed by atoms with Gasteiger partial charge >= 0.3 is 0 Å². The Kier molecular flexibility index (Phi) is 5.11. The average molecular weight is 402 g/mol. The van der Waals surface area contributed by atoms with E-state index in [0.717, 1.165) is 23.4 Å². The van der Waals surface area contributed by atoms with Crippen LogP contribution in [0.1, 0.15) is 16.8 Å². The molecule has 0 fully saturated rings. The molecule has 0 spiro atoms. The molecule has 8 heteroatoms. The van der Waals surface area contributed by atoms with Gasteiger partial charge in [0.2, 0.25) is 0 Å². The lowest BCUT2D eigenvalue weighted by molar-refractivity contribution is 0.240. The molecule has 2 aromatic heterocycles. The second-order valence-corrected chi connectivity index (χ2v) is 6.93. The molecule has 4 rings (SSSR count). The van der Waals surface area contributed by atoms with Crippen LogP contribution in [0, 0.1) is 0 Å². The van der Waals surface area contributed by atoms with E-state index in [-0.39, 0.29) is 5.56 Å². The van der Waals surface area contributed by atoms with Crippen molar-refractivity contribution in [1.29, 1.82) is 0 Å². The molecule has 0 atom stereocenters. The van der Waals surface area contributed by atoms with E-state index in [1.54, 1.807) is 32.6 Å². The number of rotatable bonds is 5. The molecule has 0 unspecified atom stereocenters. The molecule has 3 heterocycles. The fraction of sp³-hybridized carbons (Fsp3) is 0.300. The number of hydrogen-bond donors (Lipinski definition) is 1. The maximum atomic E-state index is 12.4. The predicted octanol–water partition coefficient (Wildman–Crippen LogP) is 3.26. The molecule has 0 aliphatic carbocycles. The van der Waals surface area contributed by atoms with Gasteiger partial charge in [0.25, 0.3) is 5.56 Å². The summed E-state index contributed by atoms with van der Waals surface area (Å²) in [6, 6.07) is 7.31. The fourth-order valence-electron chi connectivity index (χ4n) is 3.45. The van der Waals surface area contributed by atoms with Gasteiger partial charge in [-0.05, 0) is 30.2 Å². The number of fused-ring (bicyclic) bond motifs is 1. The van der Waals surface area contributed by atoms with E-state index in [1.165, 1.54) is 0 Å². The third-order valence-electron chi connectivity index (χ3n) is 4.87. The topological polar surface area (TPSA) is 80.6 Å². The highest BCUT2D eigenvalue weighted by Gasteiger charge is 2.23. The van der Waals surface area contributed by atoms with Crippen molar-refractivity contribution in [2.24, 2.45) is 0 Å². The van der Waals surface area contributed by atoms with E-state index in [2.05, 4.69) is 14.9 Å². The number of methoxy groups -OCH3 is 2. The van der Waals surface area contributed by atoms with Gasteiger partial charge in [0.15, 0.2) is 23.1 Å². The highest BCUT2D eigenvalue weighted by atomic mass is 35.5. The first-order chi connectivity index (χ1) is 13.6. The summed E-state index contributed by atoms with van der Waals surface area (Å²) in [5.74, 6) is 2.10. The number of aromatic nitrogens is 2. The number of nitrogens with one attached hydrogen (secondary N) is 1. The third kappa shape index (κ3) is 3.39. The maximum Gasteiger partial charge on any atom is 0.254 e. The van der Waals surface area contributed by atoms with E-state index in [4.69, 9.17) is 25.5 Å². The monoisotopic (exact) mass is 401 g/mol. The van der Waals surface area contributed by atoms with Gasteiger partial charge in [-0.15, -0.1) is 0 Å². The van der Waals surface area contributed by atoms with Crippen molar-refractivity contribution >= 4 is 11.6 Å².